The van der Waals surface area contributed by atoms with Gasteiger partial charge in [-0.25, -0.2) is 0 Å². The van der Waals surface area contributed by atoms with Crippen molar-refractivity contribution < 1.29 is 24.5 Å². The molecule has 0 radical (unpaired) electrons. The molecule has 0 saturated heterocycles. The van der Waals surface area contributed by atoms with Crippen molar-refractivity contribution >= 4 is 5.97 Å². The van der Waals surface area contributed by atoms with Gasteiger partial charge < -0.3 is 19.7 Å². The summed E-state index contributed by atoms with van der Waals surface area (Å²) in [6.45, 7) is 7.70. The van der Waals surface area contributed by atoms with Crippen LogP contribution in [0.4, 0.5) is 0 Å². The first-order chi connectivity index (χ1) is 6.95. The molecule has 0 amide bonds. The summed E-state index contributed by atoms with van der Waals surface area (Å²) in [5, 5.41) is 16.0. The molecule has 0 fully saturated rings. The number of aliphatic hydroxyl groups excluding tert-OH is 2. The van der Waals surface area contributed by atoms with Gasteiger partial charge in [0, 0.05) is 20.6 Å². The van der Waals surface area contributed by atoms with Gasteiger partial charge >= 0.3 is 5.97 Å². The maximum atomic E-state index is 9.82. The second kappa shape index (κ2) is 19.0. The quantitative estimate of drug-likeness (QED) is 0.686. The number of hydrogen-bond donors (Lipinski definition) is 2. The molecule has 0 saturated carbocycles. The number of aliphatic hydroxyl groups is 2. The van der Waals surface area contributed by atoms with Gasteiger partial charge in [0.15, 0.2) is 0 Å². The van der Waals surface area contributed by atoms with Crippen LogP contribution in [-0.4, -0.2) is 49.2 Å². The van der Waals surface area contributed by atoms with Crippen molar-refractivity contribution in [1.82, 2.24) is 0 Å². The van der Waals surface area contributed by atoms with E-state index < -0.39 is 0 Å². The minimum Gasteiger partial charge on any atom is -0.466 e. The molecule has 0 heterocycles. The maximum Gasteiger partial charge on any atom is 0.302 e. The van der Waals surface area contributed by atoms with Crippen LogP contribution in [0.2, 0.25) is 0 Å². The van der Waals surface area contributed by atoms with E-state index in [-0.39, 0.29) is 18.7 Å². The van der Waals surface area contributed by atoms with Crippen LogP contribution in [0.3, 0.4) is 0 Å². The van der Waals surface area contributed by atoms with Crippen molar-refractivity contribution in [3.63, 3.8) is 0 Å². The van der Waals surface area contributed by atoms with Crippen LogP contribution < -0.4 is 0 Å². The summed E-state index contributed by atoms with van der Waals surface area (Å²) >= 11 is 0. The Morgan fingerprint density at radius 3 is 1.80 bits per heavy atom. The summed E-state index contributed by atoms with van der Waals surface area (Å²) in [6, 6.07) is 0. The molecule has 0 aromatic rings. The normalized spacial score (nSPS) is 10.1. The largest absolute Gasteiger partial charge is 0.466 e. The molecular weight excluding hydrogens is 200 g/mol. The van der Waals surface area contributed by atoms with Crippen molar-refractivity contribution in [3.05, 3.63) is 0 Å². The Balaban J connectivity index is -0.000000153. The van der Waals surface area contributed by atoms with Crippen molar-refractivity contribution in [1.29, 1.82) is 0 Å². The Morgan fingerprint density at radius 1 is 1.40 bits per heavy atom. The highest BCUT2D eigenvalue weighted by Gasteiger charge is 1.87. The molecule has 0 bridgehead atoms. The lowest BCUT2D eigenvalue weighted by atomic mass is 10.5. The summed E-state index contributed by atoms with van der Waals surface area (Å²) < 4.78 is 8.96. The number of methoxy groups -OCH3 is 1. The number of esters is 1. The Hall–Kier alpha value is -0.650. The molecule has 5 heteroatoms. The molecule has 15 heavy (non-hydrogen) atoms. The van der Waals surface area contributed by atoms with Gasteiger partial charge in [-0.3, -0.25) is 4.79 Å². The fourth-order valence-corrected chi connectivity index (χ4v) is 0.444. The summed E-state index contributed by atoms with van der Waals surface area (Å²) in [5.41, 5.74) is 0. The zero-order valence-electron chi connectivity index (χ0n) is 10.3. The molecule has 0 aromatic carbocycles. The lowest BCUT2D eigenvalue weighted by molar-refractivity contribution is -0.140. The van der Waals surface area contributed by atoms with Crippen LogP contribution in [0.1, 0.15) is 27.7 Å². The van der Waals surface area contributed by atoms with E-state index in [0.29, 0.717) is 13.2 Å². The van der Waals surface area contributed by atoms with E-state index in [0.717, 1.165) is 0 Å². The zero-order chi connectivity index (χ0) is 12.7. The zero-order valence-corrected chi connectivity index (χ0v) is 10.3. The van der Waals surface area contributed by atoms with Crippen LogP contribution in [0.25, 0.3) is 0 Å². The van der Waals surface area contributed by atoms with Crippen LogP contribution in [0, 0.1) is 0 Å². The SMILES string of the molecule is CCO.CCOC(C)=O.COCC(C)O. The molecule has 0 spiro atoms. The van der Waals surface area contributed by atoms with Crippen LogP contribution in [0.15, 0.2) is 0 Å². The average molecular weight is 224 g/mol. The first-order valence-corrected chi connectivity index (χ1v) is 4.87. The second-order valence-electron chi connectivity index (χ2n) is 2.55. The van der Waals surface area contributed by atoms with Crippen molar-refractivity contribution in [2.45, 2.75) is 33.8 Å². The Morgan fingerprint density at radius 2 is 1.80 bits per heavy atom. The first-order valence-electron chi connectivity index (χ1n) is 4.87. The highest BCUT2D eigenvalue weighted by atomic mass is 16.5. The van der Waals surface area contributed by atoms with Gasteiger partial charge in [0.05, 0.1) is 19.3 Å². The second-order valence-corrected chi connectivity index (χ2v) is 2.55. The molecule has 0 aliphatic rings. The summed E-state index contributed by atoms with van der Waals surface area (Å²) in [4.78, 5) is 9.82. The van der Waals surface area contributed by atoms with Crippen molar-refractivity contribution in [2.24, 2.45) is 0 Å². The fourth-order valence-electron chi connectivity index (χ4n) is 0.444. The van der Waals surface area contributed by atoms with E-state index >= 15 is 0 Å². The third-order valence-electron chi connectivity index (χ3n) is 0.755. The minimum absolute atomic E-state index is 0.211. The van der Waals surface area contributed by atoms with Crippen LogP contribution >= 0.6 is 0 Å². The minimum atomic E-state index is -0.324. The lowest BCUT2D eigenvalue weighted by Gasteiger charge is -1.97. The van der Waals surface area contributed by atoms with Gasteiger partial charge in [-0.1, -0.05) is 0 Å². The Labute approximate surface area is 92.0 Å². The van der Waals surface area contributed by atoms with Crippen molar-refractivity contribution in [2.75, 3.05) is 26.9 Å². The fraction of sp³-hybridized carbons (Fsp3) is 0.900. The summed E-state index contributed by atoms with van der Waals surface area (Å²) in [5.74, 6) is -0.211. The van der Waals surface area contributed by atoms with Crippen molar-refractivity contribution in [3.8, 4) is 0 Å². The standard InChI is InChI=1S/C4H10O2.C4H8O2.C2H6O/c1-4(5)3-6-2;1-3-6-4(2)5;1-2-3/h4-5H,3H2,1-2H3;3H2,1-2H3;3H,2H2,1H3. The predicted octanol–water partition coefficient (Wildman–Crippen LogP) is 0.582. The van der Waals surface area contributed by atoms with Gasteiger partial charge in [-0.05, 0) is 20.8 Å². The molecular formula is C10H24O5. The molecule has 0 aliphatic carbocycles. The number of carbonyl (C=O) groups is 1. The van der Waals surface area contributed by atoms with E-state index in [2.05, 4.69) is 9.47 Å². The number of carbonyl (C=O) groups excluding carboxylic acids is 1. The van der Waals surface area contributed by atoms with Gasteiger partial charge in [0.1, 0.15) is 0 Å². The Kier molecular flexibility index (Phi) is 25.2. The Bertz CT molecular complexity index is 114. The topological polar surface area (TPSA) is 76.0 Å². The highest BCUT2D eigenvalue weighted by molar-refractivity contribution is 5.65. The molecule has 5 nitrogen and oxygen atoms in total. The number of rotatable bonds is 3. The molecule has 2 N–H and O–H groups in total. The van der Waals surface area contributed by atoms with E-state index in [9.17, 15) is 4.79 Å². The summed E-state index contributed by atoms with van der Waals surface area (Å²) in [6.07, 6.45) is -0.324. The highest BCUT2D eigenvalue weighted by Crippen LogP contribution is 1.75. The van der Waals surface area contributed by atoms with Crippen LogP contribution in [0.5, 0.6) is 0 Å². The average Bonchev–Trinajstić information content (AvgIpc) is 2.05. The monoisotopic (exact) mass is 224 g/mol. The van der Waals surface area contributed by atoms with Gasteiger partial charge in [-0.15, -0.1) is 0 Å². The molecule has 1 atom stereocenters. The van der Waals surface area contributed by atoms with Crippen LogP contribution in [-0.2, 0) is 14.3 Å². The van der Waals surface area contributed by atoms with Gasteiger partial charge in [0.2, 0.25) is 0 Å². The van der Waals surface area contributed by atoms with Gasteiger partial charge in [0.25, 0.3) is 0 Å². The molecule has 94 valence electrons. The predicted molar refractivity (Wildman–Crippen MR) is 58.6 cm³/mol. The first kappa shape index (κ1) is 19.9. The third kappa shape index (κ3) is 60.1. The van der Waals surface area contributed by atoms with E-state index in [1.54, 1.807) is 27.9 Å². The third-order valence-corrected chi connectivity index (χ3v) is 0.755. The lowest BCUT2D eigenvalue weighted by Crippen LogP contribution is -2.07. The molecule has 1 unspecified atom stereocenters. The van der Waals surface area contributed by atoms with E-state index in [1.165, 1.54) is 6.92 Å². The van der Waals surface area contributed by atoms with Gasteiger partial charge in [-0.2, -0.15) is 0 Å². The van der Waals surface area contributed by atoms with E-state index in [4.69, 9.17) is 10.2 Å². The molecule has 0 rings (SSSR count). The maximum absolute atomic E-state index is 9.82. The number of ether oxygens (including phenoxy) is 2. The van der Waals surface area contributed by atoms with E-state index in [1.807, 2.05) is 0 Å². The smallest absolute Gasteiger partial charge is 0.302 e. The molecule has 0 aromatic heterocycles. The molecule has 0 aliphatic heterocycles. The summed E-state index contributed by atoms with van der Waals surface area (Å²) in [7, 11) is 1.56. The number of hydrogen-bond acceptors (Lipinski definition) is 5.